The van der Waals surface area contributed by atoms with Crippen molar-refractivity contribution >= 4 is 17.7 Å². The maximum absolute atomic E-state index is 12.4. The molecule has 6 nitrogen and oxygen atoms in total. The smallest absolute Gasteiger partial charge is 0.317 e. The van der Waals surface area contributed by atoms with E-state index in [0.717, 1.165) is 5.56 Å². The number of nitrogens with one attached hydrogen (secondary N) is 1. The highest BCUT2D eigenvalue weighted by atomic mass is 16.2. The molecule has 1 aliphatic rings. The predicted octanol–water partition coefficient (Wildman–Crippen LogP) is 1.77. The van der Waals surface area contributed by atoms with E-state index >= 15 is 0 Å². The Morgan fingerprint density at radius 3 is 2.33 bits per heavy atom. The second-order valence-corrected chi connectivity index (χ2v) is 6.26. The molecular weight excluding hydrogens is 306 g/mol. The summed E-state index contributed by atoms with van der Waals surface area (Å²) >= 11 is 0. The number of urea groups is 1. The molecule has 0 spiro atoms. The number of ketones is 1. The summed E-state index contributed by atoms with van der Waals surface area (Å²) in [6.07, 6.45) is 1.65. The Morgan fingerprint density at radius 2 is 1.75 bits per heavy atom. The molecule has 6 heteroatoms. The van der Waals surface area contributed by atoms with Crippen LogP contribution in [-0.2, 0) is 4.79 Å². The second kappa shape index (κ2) is 8.47. The van der Waals surface area contributed by atoms with Crippen LogP contribution < -0.4 is 5.32 Å². The first kappa shape index (κ1) is 18.0. The van der Waals surface area contributed by atoms with Crippen molar-refractivity contribution in [2.24, 2.45) is 5.92 Å². The van der Waals surface area contributed by atoms with Gasteiger partial charge in [-0.25, -0.2) is 4.79 Å². The molecule has 1 heterocycles. The van der Waals surface area contributed by atoms with Gasteiger partial charge in [0.15, 0.2) is 5.78 Å². The summed E-state index contributed by atoms with van der Waals surface area (Å²) < 4.78 is 0. The van der Waals surface area contributed by atoms with Gasteiger partial charge in [0.1, 0.15) is 0 Å². The third-order valence-corrected chi connectivity index (χ3v) is 4.33. The number of carbonyl (C=O) groups is 3. The highest BCUT2D eigenvalue weighted by molar-refractivity contribution is 5.98. The summed E-state index contributed by atoms with van der Waals surface area (Å²) in [6, 6.07) is 9.14. The monoisotopic (exact) mass is 331 g/mol. The van der Waals surface area contributed by atoms with Gasteiger partial charge in [0.25, 0.3) is 0 Å². The second-order valence-electron chi connectivity index (χ2n) is 6.26. The summed E-state index contributed by atoms with van der Waals surface area (Å²) in [4.78, 5) is 39.2. The van der Waals surface area contributed by atoms with Crippen molar-refractivity contribution in [1.29, 1.82) is 0 Å². The lowest BCUT2D eigenvalue weighted by Crippen LogP contribution is -2.46. The zero-order valence-corrected chi connectivity index (χ0v) is 14.3. The predicted molar refractivity (Wildman–Crippen MR) is 91.8 cm³/mol. The van der Waals surface area contributed by atoms with Crippen LogP contribution in [0.4, 0.5) is 4.79 Å². The Bertz CT molecular complexity index is 578. The lowest BCUT2D eigenvalue weighted by atomic mass is 9.89. The van der Waals surface area contributed by atoms with Crippen LogP contribution in [-0.4, -0.2) is 61.3 Å². The molecule has 1 aliphatic heterocycles. The van der Waals surface area contributed by atoms with Crippen molar-refractivity contribution in [3.8, 4) is 0 Å². The third kappa shape index (κ3) is 4.81. The van der Waals surface area contributed by atoms with Gasteiger partial charge in [0, 0.05) is 51.6 Å². The summed E-state index contributed by atoms with van der Waals surface area (Å²) in [5.41, 5.74) is 0.739. The number of piperidine rings is 1. The molecule has 1 fully saturated rings. The van der Waals surface area contributed by atoms with Crippen LogP contribution in [0, 0.1) is 5.92 Å². The van der Waals surface area contributed by atoms with Crippen molar-refractivity contribution in [2.45, 2.75) is 19.3 Å². The van der Waals surface area contributed by atoms with E-state index in [1.807, 2.05) is 30.3 Å². The number of amides is 3. The largest absolute Gasteiger partial charge is 0.349 e. The molecule has 1 aromatic carbocycles. The van der Waals surface area contributed by atoms with Gasteiger partial charge in [-0.2, -0.15) is 0 Å². The first-order valence-corrected chi connectivity index (χ1v) is 8.31. The van der Waals surface area contributed by atoms with Crippen molar-refractivity contribution in [3.05, 3.63) is 35.9 Å². The average molecular weight is 331 g/mol. The molecule has 2 rings (SSSR count). The molecule has 1 saturated heterocycles. The molecular formula is C18H25N3O3. The molecule has 0 aliphatic carbocycles. The molecule has 1 N–H and O–H groups in total. The lowest BCUT2D eigenvalue weighted by molar-refractivity contribution is -0.128. The first-order chi connectivity index (χ1) is 11.5. The van der Waals surface area contributed by atoms with E-state index in [2.05, 4.69) is 5.32 Å². The van der Waals surface area contributed by atoms with Crippen LogP contribution in [0.15, 0.2) is 30.3 Å². The van der Waals surface area contributed by atoms with E-state index in [0.29, 0.717) is 38.9 Å². The van der Waals surface area contributed by atoms with Gasteiger partial charge in [-0.15, -0.1) is 0 Å². The molecule has 3 amide bonds. The normalized spacial score (nSPS) is 15.0. The van der Waals surface area contributed by atoms with Gasteiger partial charge >= 0.3 is 6.03 Å². The Hall–Kier alpha value is -2.37. The van der Waals surface area contributed by atoms with E-state index in [9.17, 15) is 14.4 Å². The molecule has 24 heavy (non-hydrogen) atoms. The van der Waals surface area contributed by atoms with Gasteiger partial charge in [-0.3, -0.25) is 9.59 Å². The van der Waals surface area contributed by atoms with Crippen LogP contribution in [0.1, 0.15) is 29.6 Å². The van der Waals surface area contributed by atoms with E-state index < -0.39 is 0 Å². The number of hydrogen-bond donors (Lipinski definition) is 1. The fourth-order valence-electron chi connectivity index (χ4n) is 2.79. The molecule has 0 atom stereocenters. The number of rotatable bonds is 5. The summed E-state index contributed by atoms with van der Waals surface area (Å²) in [7, 11) is 3.39. The van der Waals surface area contributed by atoms with Gasteiger partial charge < -0.3 is 15.1 Å². The molecule has 130 valence electrons. The number of nitrogens with zero attached hydrogens (tertiary/aromatic N) is 2. The summed E-state index contributed by atoms with van der Waals surface area (Å²) in [5.74, 6) is 0.126. The molecule has 0 bridgehead atoms. The van der Waals surface area contributed by atoms with E-state index in [4.69, 9.17) is 0 Å². The van der Waals surface area contributed by atoms with Crippen LogP contribution >= 0.6 is 0 Å². The number of carbonyl (C=O) groups excluding carboxylic acids is 3. The minimum absolute atomic E-state index is 0.0116. The quantitative estimate of drug-likeness (QED) is 0.836. The van der Waals surface area contributed by atoms with E-state index in [1.165, 1.54) is 4.90 Å². The first-order valence-electron chi connectivity index (χ1n) is 8.31. The summed E-state index contributed by atoms with van der Waals surface area (Å²) in [6.45, 7) is 1.46. The number of Topliss-reactive ketones (excluding diaryl/α,β-unsaturated/α-hetero) is 1. The van der Waals surface area contributed by atoms with E-state index in [-0.39, 0.29) is 23.6 Å². The van der Waals surface area contributed by atoms with Crippen molar-refractivity contribution in [3.63, 3.8) is 0 Å². The van der Waals surface area contributed by atoms with Gasteiger partial charge in [-0.1, -0.05) is 30.3 Å². The van der Waals surface area contributed by atoms with Crippen molar-refractivity contribution < 1.29 is 14.4 Å². The zero-order chi connectivity index (χ0) is 17.5. The van der Waals surface area contributed by atoms with E-state index in [1.54, 1.807) is 19.0 Å². The SMILES string of the molecule is CN(C)C(=O)CCNC(=O)N1CCC(C(=O)c2ccccc2)CC1. The molecule has 1 aromatic rings. The highest BCUT2D eigenvalue weighted by Crippen LogP contribution is 2.21. The number of hydrogen-bond acceptors (Lipinski definition) is 3. The fraction of sp³-hybridized carbons (Fsp3) is 0.500. The fourth-order valence-corrected chi connectivity index (χ4v) is 2.79. The van der Waals surface area contributed by atoms with Gasteiger partial charge in [0.2, 0.25) is 5.91 Å². The van der Waals surface area contributed by atoms with Crippen LogP contribution in [0.2, 0.25) is 0 Å². The molecule has 0 unspecified atom stereocenters. The molecule has 0 aromatic heterocycles. The maximum atomic E-state index is 12.4. The Labute approximate surface area is 142 Å². The van der Waals surface area contributed by atoms with Crippen molar-refractivity contribution in [1.82, 2.24) is 15.1 Å². The number of likely N-dealkylation sites (tertiary alicyclic amines) is 1. The summed E-state index contributed by atoms with van der Waals surface area (Å²) in [5, 5.41) is 2.77. The topological polar surface area (TPSA) is 69.7 Å². The number of benzene rings is 1. The zero-order valence-electron chi connectivity index (χ0n) is 14.3. The van der Waals surface area contributed by atoms with Crippen LogP contribution in [0.3, 0.4) is 0 Å². The Morgan fingerprint density at radius 1 is 1.12 bits per heavy atom. The lowest BCUT2D eigenvalue weighted by Gasteiger charge is -2.31. The average Bonchev–Trinajstić information content (AvgIpc) is 2.61. The van der Waals surface area contributed by atoms with Gasteiger partial charge in [-0.05, 0) is 12.8 Å². The highest BCUT2D eigenvalue weighted by Gasteiger charge is 2.27. The standard InChI is InChI=1S/C18H25N3O3/c1-20(2)16(22)8-11-19-18(24)21-12-9-15(10-13-21)17(23)14-6-4-3-5-7-14/h3-7,15H,8-13H2,1-2H3,(H,19,24). The minimum Gasteiger partial charge on any atom is -0.349 e. The Kier molecular flexibility index (Phi) is 6.35. The van der Waals surface area contributed by atoms with Crippen LogP contribution in [0.25, 0.3) is 0 Å². The molecule has 0 saturated carbocycles. The molecule has 0 radical (unpaired) electrons. The maximum Gasteiger partial charge on any atom is 0.317 e. The van der Waals surface area contributed by atoms with Gasteiger partial charge in [0.05, 0.1) is 0 Å². The van der Waals surface area contributed by atoms with Crippen LogP contribution in [0.5, 0.6) is 0 Å². The Balaban J connectivity index is 1.75. The van der Waals surface area contributed by atoms with Crippen molar-refractivity contribution in [2.75, 3.05) is 33.7 Å². The minimum atomic E-state index is -0.160. The third-order valence-electron chi connectivity index (χ3n) is 4.33.